The van der Waals surface area contributed by atoms with Crippen molar-refractivity contribution in [1.82, 2.24) is 5.32 Å². The van der Waals surface area contributed by atoms with Crippen LogP contribution >= 0.6 is 0 Å². The third-order valence-corrected chi connectivity index (χ3v) is 2.94. The van der Waals surface area contributed by atoms with Gasteiger partial charge in [0.1, 0.15) is 11.4 Å². The third-order valence-electron chi connectivity index (χ3n) is 2.94. The summed E-state index contributed by atoms with van der Waals surface area (Å²) in [5, 5.41) is 2.66. The van der Waals surface area contributed by atoms with Crippen molar-refractivity contribution in [3.8, 4) is 5.75 Å². The number of amides is 1. The quantitative estimate of drug-likeness (QED) is 0.816. The lowest BCUT2D eigenvalue weighted by Crippen LogP contribution is -2.43. The average molecular weight is 307 g/mol. The Kier molecular flexibility index (Phi) is 6.40. The minimum atomic E-state index is -0.605. The number of carbonyl (C=O) groups excluding carboxylic acids is 2. The molecule has 5 nitrogen and oxygen atoms in total. The van der Waals surface area contributed by atoms with E-state index in [4.69, 9.17) is 9.47 Å². The fraction of sp³-hybridized carbons (Fsp3) is 0.529. The Bertz CT molecular complexity index is 520. The molecule has 0 bridgehead atoms. The van der Waals surface area contributed by atoms with Crippen molar-refractivity contribution in [2.45, 2.75) is 52.2 Å². The number of alkyl carbamates (subject to hydrolysis) is 1. The van der Waals surface area contributed by atoms with Gasteiger partial charge in [-0.25, -0.2) is 4.79 Å². The maximum Gasteiger partial charge on any atom is 0.408 e. The van der Waals surface area contributed by atoms with E-state index in [1.807, 2.05) is 6.92 Å². The summed E-state index contributed by atoms with van der Waals surface area (Å²) >= 11 is 0. The number of ketones is 1. The van der Waals surface area contributed by atoms with Gasteiger partial charge in [0.25, 0.3) is 0 Å². The van der Waals surface area contributed by atoms with Crippen LogP contribution < -0.4 is 10.1 Å². The molecule has 0 radical (unpaired) electrons. The van der Waals surface area contributed by atoms with Gasteiger partial charge in [0, 0.05) is 5.56 Å². The maximum atomic E-state index is 12.6. The van der Waals surface area contributed by atoms with Crippen LogP contribution in [-0.2, 0) is 4.74 Å². The van der Waals surface area contributed by atoms with Gasteiger partial charge in [-0.1, -0.05) is 25.5 Å². The molecule has 0 saturated heterocycles. The van der Waals surface area contributed by atoms with Gasteiger partial charge >= 0.3 is 6.09 Å². The van der Waals surface area contributed by atoms with Crippen molar-refractivity contribution in [2.75, 3.05) is 7.11 Å². The first-order chi connectivity index (χ1) is 10.3. The molecule has 122 valence electrons. The smallest absolute Gasteiger partial charge is 0.408 e. The normalized spacial score (nSPS) is 12.4. The zero-order valence-corrected chi connectivity index (χ0v) is 13.9. The topological polar surface area (TPSA) is 64.6 Å². The summed E-state index contributed by atoms with van der Waals surface area (Å²) in [6, 6.07) is 6.30. The van der Waals surface area contributed by atoms with Crippen LogP contribution in [0.1, 0.15) is 50.9 Å². The van der Waals surface area contributed by atoms with E-state index in [2.05, 4.69) is 5.32 Å². The number of hydrogen-bond acceptors (Lipinski definition) is 4. The van der Waals surface area contributed by atoms with Crippen LogP contribution in [0.5, 0.6) is 5.75 Å². The van der Waals surface area contributed by atoms with Crippen molar-refractivity contribution >= 4 is 11.9 Å². The predicted octanol–water partition coefficient (Wildman–Crippen LogP) is 3.57. The van der Waals surface area contributed by atoms with Crippen molar-refractivity contribution in [1.29, 1.82) is 0 Å². The predicted molar refractivity (Wildman–Crippen MR) is 85.4 cm³/mol. The highest BCUT2D eigenvalue weighted by Gasteiger charge is 2.24. The second-order valence-corrected chi connectivity index (χ2v) is 6.08. The minimum absolute atomic E-state index is 0.147. The molecular weight excluding hydrogens is 282 g/mol. The minimum Gasteiger partial charge on any atom is -0.497 e. The lowest BCUT2D eigenvalue weighted by molar-refractivity contribution is 0.0488. The molecule has 1 atom stereocenters. The van der Waals surface area contributed by atoms with Crippen LogP contribution in [0.2, 0.25) is 0 Å². The fourth-order valence-electron chi connectivity index (χ4n) is 1.98. The fourth-order valence-corrected chi connectivity index (χ4v) is 1.98. The molecule has 5 heteroatoms. The summed E-state index contributed by atoms with van der Waals surface area (Å²) in [6.07, 6.45) is 0.744. The number of carbonyl (C=O) groups is 2. The Balaban J connectivity index is 2.85. The largest absolute Gasteiger partial charge is 0.497 e. The third kappa shape index (κ3) is 5.76. The van der Waals surface area contributed by atoms with Crippen LogP contribution in [0, 0.1) is 0 Å². The molecule has 0 aromatic heterocycles. The van der Waals surface area contributed by atoms with Crippen molar-refractivity contribution < 1.29 is 19.1 Å². The van der Waals surface area contributed by atoms with Crippen LogP contribution in [0.4, 0.5) is 4.79 Å². The van der Waals surface area contributed by atoms with Crippen LogP contribution in [0.15, 0.2) is 24.3 Å². The molecule has 0 unspecified atom stereocenters. The molecule has 0 fully saturated rings. The highest BCUT2D eigenvalue weighted by atomic mass is 16.6. The SMILES string of the molecule is CCC[C@H](NC(=O)OC(C)(C)C)C(=O)c1cccc(OC)c1. The average Bonchev–Trinajstić information content (AvgIpc) is 2.44. The number of rotatable bonds is 6. The van der Waals surface area contributed by atoms with E-state index < -0.39 is 17.7 Å². The van der Waals surface area contributed by atoms with E-state index in [0.717, 1.165) is 6.42 Å². The summed E-state index contributed by atoms with van der Waals surface area (Å²) in [4.78, 5) is 24.5. The molecule has 0 spiro atoms. The summed E-state index contributed by atoms with van der Waals surface area (Å²) in [7, 11) is 1.55. The standard InChI is InChI=1S/C17H25NO4/c1-6-8-14(18-16(20)22-17(2,3)4)15(19)12-9-7-10-13(11-12)21-5/h7,9-11,14H,6,8H2,1-5H3,(H,18,20)/t14-/m0/s1. The molecule has 1 rings (SSSR count). The van der Waals surface area contributed by atoms with Gasteiger partial charge in [-0.3, -0.25) is 4.79 Å². The van der Waals surface area contributed by atoms with Crippen molar-refractivity contribution in [3.05, 3.63) is 29.8 Å². The van der Waals surface area contributed by atoms with Gasteiger partial charge < -0.3 is 14.8 Å². The van der Waals surface area contributed by atoms with Gasteiger partial charge in [-0.2, -0.15) is 0 Å². The van der Waals surface area contributed by atoms with Gasteiger partial charge in [0.15, 0.2) is 5.78 Å². The second kappa shape index (κ2) is 7.82. The number of benzene rings is 1. The van der Waals surface area contributed by atoms with Crippen LogP contribution in [0.25, 0.3) is 0 Å². The number of methoxy groups -OCH3 is 1. The van der Waals surface area contributed by atoms with Crippen molar-refractivity contribution in [2.24, 2.45) is 0 Å². The summed E-state index contributed by atoms with van der Waals surface area (Å²) in [5.74, 6) is 0.463. The molecular formula is C17H25NO4. The molecule has 0 aliphatic carbocycles. The molecule has 1 amide bonds. The second-order valence-electron chi connectivity index (χ2n) is 6.08. The first-order valence-corrected chi connectivity index (χ1v) is 7.44. The lowest BCUT2D eigenvalue weighted by Gasteiger charge is -2.23. The van der Waals surface area contributed by atoms with E-state index in [9.17, 15) is 9.59 Å². The maximum absolute atomic E-state index is 12.6. The highest BCUT2D eigenvalue weighted by Crippen LogP contribution is 2.16. The zero-order valence-electron chi connectivity index (χ0n) is 13.9. The Morgan fingerprint density at radius 2 is 1.95 bits per heavy atom. The summed E-state index contributed by atoms with van der Waals surface area (Å²) in [5.41, 5.74) is -0.0892. The highest BCUT2D eigenvalue weighted by molar-refractivity contribution is 6.01. The molecule has 0 saturated carbocycles. The monoisotopic (exact) mass is 307 g/mol. The molecule has 0 aliphatic heterocycles. The van der Waals surface area contributed by atoms with Gasteiger partial charge in [0.2, 0.25) is 0 Å². The Hall–Kier alpha value is -2.04. The number of hydrogen-bond donors (Lipinski definition) is 1. The van der Waals surface area contributed by atoms with E-state index in [1.165, 1.54) is 0 Å². The number of Topliss-reactive ketones (excluding diaryl/α,β-unsaturated/α-hetero) is 1. The van der Waals surface area contributed by atoms with E-state index >= 15 is 0 Å². The Labute approximate surface area is 132 Å². The Morgan fingerprint density at radius 3 is 2.50 bits per heavy atom. The van der Waals surface area contributed by atoms with E-state index in [1.54, 1.807) is 52.1 Å². The van der Waals surface area contributed by atoms with Crippen molar-refractivity contribution in [3.63, 3.8) is 0 Å². The molecule has 0 heterocycles. The zero-order chi connectivity index (χ0) is 16.8. The van der Waals surface area contributed by atoms with E-state index in [0.29, 0.717) is 17.7 Å². The van der Waals surface area contributed by atoms with E-state index in [-0.39, 0.29) is 5.78 Å². The number of nitrogens with one attached hydrogen (secondary N) is 1. The lowest BCUT2D eigenvalue weighted by atomic mass is 10.0. The van der Waals surface area contributed by atoms with Gasteiger partial charge in [0.05, 0.1) is 13.2 Å². The Morgan fingerprint density at radius 1 is 1.27 bits per heavy atom. The molecule has 1 N–H and O–H groups in total. The van der Waals surface area contributed by atoms with Gasteiger partial charge in [-0.05, 0) is 39.3 Å². The molecule has 1 aromatic rings. The molecule has 1 aromatic carbocycles. The van der Waals surface area contributed by atoms with Gasteiger partial charge in [-0.15, -0.1) is 0 Å². The molecule has 0 aliphatic rings. The molecule has 22 heavy (non-hydrogen) atoms. The number of ether oxygens (including phenoxy) is 2. The first-order valence-electron chi connectivity index (χ1n) is 7.44. The summed E-state index contributed by atoms with van der Waals surface area (Å²) in [6.45, 7) is 7.31. The first kappa shape index (κ1) is 18.0. The summed E-state index contributed by atoms with van der Waals surface area (Å²) < 4.78 is 10.3. The van der Waals surface area contributed by atoms with Crippen LogP contribution in [0.3, 0.4) is 0 Å². The van der Waals surface area contributed by atoms with Crippen LogP contribution in [-0.4, -0.2) is 30.6 Å².